The van der Waals surface area contributed by atoms with E-state index in [4.69, 9.17) is 0 Å². The highest BCUT2D eigenvalue weighted by Crippen LogP contribution is 2.17. The third kappa shape index (κ3) is 4.18. The molecule has 1 rings (SSSR count). The van der Waals surface area contributed by atoms with Crippen LogP contribution >= 0.6 is 15.9 Å². The fraction of sp³-hybridized carbons (Fsp3) is 0.200. The first-order valence-electron chi connectivity index (χ1n) is 4.41. The predicted octanol–water partition coefficient (Wildman–Crippen LogP) is 2.89. The molecule has 1 aromatic rings. The number of hydrogen-bond acceptors (Lipinski definition) is 3. The number of hydrogen-bond donors (Lipinski definition) is 0. The van der Waals surface area contributed by atoms with Gasteiger partial charge in [0.1, 0.15) is 0 Å². The highest BCUT2D eigenvalue weighted by atomic mass is 79.9. The fourth-order valence-electron chi connectivity index (χ4n) is 0.933. The molecule has 0 spiro atoms. The van der Waals surface area contributed by atoms with E-state index in [9.17, 15) is 18.0 Å². The van der Waals surface area contributed by atoms with E-state index in [-0.39, 0.29) is 11.0 Å². The van der Waals surface area contributed by atoms with E-state index in [2.05, 4.69) is 25.9 Å². The average Bonchev–Trinajstić information content (AvgIpc) is 2.29. The summed E-state index contributed by atoms with van der Waals surface area (Å²) >= 11 is 3.05. The quantitative estimate of drug-likeness (QED) is 0.373. The molecule has 0 aliphatic carbocycles. The van der Waals surface area contributed by atoms with Gasteiger partial charge in [-0.3, -0.25) is 0 Å². The molecule has 0 aromatic heterocycles. The van der Waals surface area contributed by atoms with Crippen molar-refractivity contribution in [2.45, 2.75) is 6.18 Å². The van der Waals surface area contributed by atoms with Crippen LogP contribution in [0.5, 0.6) is 0 Å². The van der Waals surface area contributed by atoms with Crippen LogP contribution in [0.1, 0.15) is 5.56 Å². The van der Waals surface area contributed by atoms with Gasteiger partial charge in [0.2, 0.25) is 0 Å². The molecule has 0 heterocycles. The Morgan fingerprint density at radius 2 is 1.88 bits per heavy atom. The van der Waals surface area contributed by atoms with Crippen LogP contribution in [0.15, 0.2) is 35.5 Å². The second kappa shape index (κ2) is 5.81. The van der Waals surface area contributed by atoms with Crippen LogP contribution in [0.25, 0.3) is 0 Å². The van der Waals surface area contributed by atoms with E-state index >= 15 is 0 Å². The Balaban J connectivity index is 2.80. The van der Waals surface area contributed by atoms with Gasteiger partial charge in [0.25, 0.3) is 0 Å². The van der Waals surface area contributed by atoms with Crippen molar-refractivity contribution in [1.82, 2.24) is 0 Å². The Hall–Kier alpha value is -1.37. The summed E-state index contributed by atoms with van der Waals surface area (Å²) in [7, 11) is 0. The van der Waals surface area contributed by atoms with Crippen LogP contribution in [-0.4, -0.2) is 23.2 Å². The molecule has 0 aliphatic heterocycles. The summed E-state index contributed by atoms with van der Waals surface area (Å²) in [5.41, 5.74) is 0.766. The maximum atomic E-state index is 11.9. The maximum Gasteiger partial charge on any atom is 0.493 e. The molecule has 0 amide bonds. The molecule has 0 aliphatic rings. The summed E-state index contributed by atoms with van der Waals surface area (Å²) < 4.78 is 35.6. The molecule has 0 saturated heterocycles. The summed E-state index contributed by atoms with van der Waals surface area (Å²) in [5, 5.41) is 3.35. The van der Waals surface area contributed by atoms with Gasteiger partial charge in [-0.15, -0.1) is 0 Å². The Morgan fingerprint density at radius 1 is 1.29 bits per heavy atom. The smallest absolute Gasteiger partial charge is 0.308 e. The summed E-state index contributed by atoms with van der Waals surface area (Å²) in [6, 6.07) is 8.41. The molecule has 0 fully saturated rings. The van der Waals surface area contributed by atoms with Gasteiger partial charge in [0.15, 0.2) is 0 Å². The van der Waals surface area contributed by atoms with E-state index in [1.54, 1.807) is 30.3 Å². The lowest BCUT2D eigenvalue weighted by Gasteiger charge is -2.04. The van der Waals surface area contributed by atoms with Crippen LogP contribution in [0.3, 0.4) is 0 Å². The molecular formula is C10H7BrF3NO2. The van der Waals surface area contributed by atoms with E-state index in [1.807, 2.05) is 0 Å². The van der Waals surface area contributed by atoms with Crippen molar-refractivity contribution in [1.29, 1.82) is 0 Å². The van der Waals surface area contributed by atoms with Crippen LogP contribution in [0.4, 0.5) is 13.2 Å². The molecule has 0 bridgehead atoms. The molecule has 7 heteroatoms. The molecule has 17 heavy (non-hydrogen) atoms. The van der Waals surface area contributed by atoms with Crippen molar-refractivity contribution in [3.05, 3.63) is 35.9 Å². The normalized spacial score (nSPS) is 12.4. The number of rotatable bonds is 3. The number of oxime groups is 1. The van der Waals surface area contributed by atoms with Gasteiger partial charge in [-0.05, 0) is 0 Å². The highest BCUT2D eigenvalue weighted by Gasteiger charge is 2.41. The molecule has 3 nitrogen and oxygen atoms in total. The van der Waals surface area contributed by atoms with Crippen LogP contribution in [0, 0.1) is 0 Å². The summed E-state index contributed by atoms with van der Waals surface area (Å²) in [6.07, 6.45) is -5.04. The van der Waals surface area contributed by atoms with Gasteiger partial charge in [-0.1, -0.05) is 51.4 Å². The number of benzene rings is 1. The molecule has 0 radical (unpaired) electrons. The van der Waals surface area contributed by atoms with E-state index < -0.39 is 12.1 Å². The van der Waals surface area contributed by atoms with Crippen molar-refractivity contribution < 1.29 is 22.8 Å². The Bertz CT molecular complexity index is 417. The third-order valence-electron chi connectivity index (χ3n) is 1.70. The van der Waals surface area contributed by atoms with Gasteiger partial charge in [-0.25, -0.2) is 4.79 Å². The Labute approximate surface area is 103 Å². The first-order chi connectivity index (χ1) is 7.95. The highest BCUT2D eigenvalue weighted by molar-refractivity contribution is 9.09. The maximum absolute atomic E-state index is 11.9. The van der Waals surface area contributed by atoms with Crippen molar-refractivity contribution in [3.63, 3.8) is 0 Å². The molecule has 0 atom stereocenters. The molecule has 0 saturated carbocycles. The van der Waals surface area contributed by atoms with Crippen LogP contribution < -0.4 is 0 Å². The monoisotopic (exact) mass is 309 g/mol. The first-order valence-corrected chi connectivity index (χ1v) is 5.53. The molecular weight excluding hydrogens is 303 g/mol. The van der Waals surface area contributed by atoms with Crippen LogP contribution in [-0.2, 0) is 9.63 Å². The SMILES string of the molecule is O=C(ON=C(CBr)c1ccccc1)C(F)(F)F. The molecule has 0 unspecified atom stereocenters. The lowest BCUT2D eigenvalue weighted by molar-refractivity contribution is -0.199. The van der Waals surface area contributed by atoms with Gasteiger partial charge in [-0.2, -0.15) is 13.2 Å². The Kier molecular flexibility index (Phi) is 4.68. The van der Waals surface area contributed by atoms with Crippen molar-refractivity contribution in [2.75, 3.05) is 5.33 Å². The van der Waals surface area contributed by atoms with Crippen LogP contribution in [0.2, 0.25) is 0 Å². The number of carbonyl (C=O) groups is 1. The van der Waals surface area contributed by atoms with E-state index in [0.717, 1.165) is 0 Å². The van der Waals surface area contributed by atoms with Gasteiger partial charge in [0, 0.05) is 10.9 Å². The molecule has 1 aromatic carbocycles. The zero-order valence-corrected chi connectivity index (χ0v) is 9.96. The summed E-state index contributed by atoms with van der Waals surface area (Å²) in [6.45, 7) is 0. The lowest BCUT2D eigenvalue weighted by atomic mass is 10.1. The lowest BCUT2D eigenvalue weighted by Crippen LogP contribution is -2.24. The van der Waals surface area contributed by atoms with E-state index in [1.165, 1.54) is 0 Å². The standard InChI is InChI=1S/C10H7BrF3NO2/c11-6-8(7-4-2-1-3-5-7)15-17-9(16)10(12,13)14/h1-5H,6H2. The van der Waals surface area contributed by atoms with E-state index in [0.29, 0.717) is 5.56 Å². The predicted molar refractivity (Wildman–Crippen MR) is 58.9 cm³/mol. The summed E-state index contributed by atoms with van der Waals surface area (Å²) in [5.74, 6) is -2.34. The molecule has 92 valence electrons. The second-order valence-corrected chi connectivity index (χ2v) is 3.47. The minimum Gasteiger partial charge on any atom is -0.308 e. The molecule has 0 N–H and O–H groups in total. The number of carbonyl (C=O) groups excluding carboxylic acids is 1. The topological polar surface area (TPSA) is 38.7 Å². The van der Waals surface area contributed by atoms with Crippen molar-refractivity contribution in [3.8, 4) is 0 Å². The van der Waals surface area contributed by atoms with Gasteiger partial charge in [0.05, 0.1) is 5.71 Å². The minimum absolute atomic E-state index is 0.169. The van der Waals surface area contributed by atoms with Gasteiger partial charge < -0.3 is 4.84 Å². The average molecular weight is 310 g/mol. The zero-order valence-electron chi connectivity index (χ0n) is 8.37. The van der Waals surface area contributed by atoms with Crippen molar-refractivity contribution in [2.24, 2.45) is 5.16 Å². The zero-order chi connectivity index (χ0) is 12.9. The number of nitrogens with zero attached hydrogens (tertiary/aromatic N) is 1. The first kappa shape index (κ1) is 13.7. The number of alkyl halides is 4. The Morgan fingerprint density at radius 3 is 2.35 bits per heavy atom. The number of halogens is 4. The fourth-order valence-corrected chi connectivity index (χ4v) is 1.36. The second-order valence-electron chi connectivity index (χ2n) is 2.91. The largest absolute Gasteiger partial charge is 0.493 e. The third-order valence-corrected chi connectivity index (χ3v) is 2.23. The van der Waals surface area contributed by atoms with Crippen molar-refractivity contribution >= 4 is 27.6 Å². The minimum atomic E-state index is -5.04. The van der Waals surface area contributed by atoms with Gasteiger partial charge >= 0.3 is 12.1 Å². The summed E-state index contributed by atoms with van der Waals surface area (Å²) in [4.78, 5) is 14.3.